The number of rotatable bonds is 6. The third kappa shape index (κ3) is 4.01. The number of nitrogens with one attached hydrogen (secondary N) is 2. The van der Waals surface area contributed by atoms with Crippen molar-refractivity contribution in [2.75, 3.05) is 13.2 Å². The van der Waals surface area contributed by atoms with E-state index >= 15 is 0 Å². The standard InChI is InChI=1S/C9H15N5O4/c1-14-5-11-13-7(14)2-3-10-9(18)12-6(4-15)8(16)17/h5-6,15H,2-4H2,1H3,(H,16,17)(H2,10,12,18). The fraction of sp³-hybridized carbons (Fsp3) is 0.556. The number of urea groups is 1. The molecule has 1 aromatic heterocycles. The highest BCUT2D eigenvalue weighted by Crippen LogP contribution is 1.91. The molecule has 18 heavy (non-hydrogen) atoms. The molecule has 1 heterocycles. The Balaban J connectivity index is 2.29. The highest BCUT2D eigenvalue weighted by atomic mass is 16.4. The van der Waals surface area contributed by atoms with E-state index in [1.165, 1.54) is 0 Å². The lowest BCUT2D eigenvalue weighted by Crippen LogP contribution is -2.48. The number of carbonyl (C=O) groups excluding carboxylic acids is 1. The van der Waals surface area contributed by atoms with Gasteiger partial charge in [-0.25, -0.2) is 9.59 Å². The largest absolute Gasteiger partial charge is 0.480 e. The molecule has 0 aliphatic rings. The summed E-state index contributed by atoms with van der Waals surface area (Å²) < 4.78 is 1.72. The molecule has 0 aromatic carbocycles. The number of aryl methyl sites for hydroxylation is 1. The molecule has 1 rings (SSSR count). The summed E-state index contributed by atoms with van der Waals surface area (Å²) in [6.07, 6.45) is 2.02. The predicted octanol–water partition coefficient (Wildman–Crippen LogP) is -1.90. The Labute approximate surface area is 103 Å². The van der Waals surface area contributed by atoms with E-state index in [0.717, 1.165) is 0 Å². The average Bonchev–Trinajstić information content (AvgIpc) is 2.71. The van der Waals surface area contributed by atoms with Crippen LogP contribution >= 0.6 is 0 Å². The molecule has 4 N–H and O–H groups in total. The maximum atomic E-state index is 11.3. The van der Waals surface area contributed by atoms with Crippen LogP contribution in [0, 0.1) is 0 Å². The molecule has 0 spiro atoms. The first-order valence-corrected chi connectivity index (χ1v) is 5.25. The van der Waals surface area contributed by atoms with Gasteiger partial charge in [0.15, 0.2) is 6.04 Å². The minimum atomic E-state index is -1.31. The second-order valence-corrected chi connectivity index (χ2v) is 3.58. The summed E-state index contributed by atoms with van der Waals surface area (Å²) in [4.78, 5) is 21.8. The zero-order chi connectivity index (χ0) is 13.5. The van der Waals surface area contributed by atoms with Crippen LogP contribution in [0.3, 0.4) is 0 Å². The first kappa shape index (κ1) is 13.9. The Morgan fingerprint density at radius 3 is 2.78 bits per heavy atom. The molecule has 1 atom stereocenters. The van der Waals surface area contributed by atoms with Crippen molar-refractivity contribution >= 4 is 12.0 Å². The van der Waals surface area contributed by atoms with Gasteiger partial charge in [0.1, 0.15) is 12.2 Å². The molecule has 100 valence electrons. The Morgan fingerprint density at radius 2 is 2.28 bits per heavy atom. The van der Waals surface area contributed by atoms with Gasteiger partial charge in [-0.15, -0.1) is 10.2 Å². The smallest absolute Gasteiger partial charge is 0.328 e. The molecule has 0 saturated heterocycles. The number of carboxylic acids is 1. The van der Waals surface area contributed by atoms with E-state index in [-0.39, 0.29) is 6.54 Å². The Hall–Kier alpha value is -2.16. The predicted molar refractivity (Wildman–Crippen MR) is 59.8 cm³/mol. The minimum Gasteiger partial charge on any atom is -0.480 e. The number of aliphatic hydroxyl groups is 1. The van der Waals surface area contributed by atoms with Gasteiger partial charge in [-0.05, 0) is 0 Å². The number of carbonyl (C=O) groups is 2. The van der Waals surface area contributed by atoms with Crippen LogP contribution in [0.25, 0.3) is 0 Å². The number of aromatic nitrogens is 3. The second-order valence-electron chi connectivity index (χ2n) is 3.58. The fourth-order valence-corrected chi connectivity index (χ4v) is 1.22. The molecule has 0 aliphatic carbocycles. The van der Waals surface area contributed by atoms with Gasteiger partial charge in [0.25, 0.3) is 0 Å². The molecule has 1 unspecified atom stereocenters. The molecule has 1 aromatic rings. The molecule has 9 nitrogen and oxygen atoms in total. The van der Waals surface area contributed by atoms with E-state index in [0.29, 0.717) is 12.2 Å². The lowest BCUT2D eigenvalue weighted by Gasteiger charge is -2.12. The number of hydrogen-bond acceptors (Lipinski definition) is 5. The molecule has 0 radical (unpaired) electrons. The van der Waals surface area contributed by atoms with Crippen LogP contribution in [-0.2, 0) is 18.3 Å². The lowest BCUT2D eigenvalue weighted by molar-refractivity contribution is -0.140. The summed E-state index contributed by atoms with van der Waals surface area (Å²) >= 11 is 0. The fourth-order valence-electron chi connectivity index (χ4n) is 1.22. The molecular weight excluding hydrogens is 242 g/mol. The summed E-state index contributed by atoms with van der Waals surface area (Å²) in [5.74, 6) is -0.590. The number of amides is 2. The van der Waals surface area contributed by atoms with Crippen molar-refractivity contribution in [3.05, 3.63) is 12.2 Å². The quantitative estimate of drug-likeness (QED) is 0.471. The number of nitrogens with zero attached hydrogens (tertiary/aromatic N) is 3. The van der Waals surface area contributed by atoms with Crippen LogP contribution in [0.15, 0.2) is 6.33 Å². The van der Waals surface area contributed by atoms with Gasteiger partial charge in [-0.3, -0.25) is 0 Å². The normalized spacial score (nSPS) is 11.9. The van der Waals surface area contributed by atoms with Gasteiger partial charge < -0.3 is 25.4 Å². The van der Waals surface area contributed by atoms with E-state index in [1.807, 2.05) is 0 Å². The third-order valence-electron chi connectivity index (χ3n) is 2.23. The summed E-state index contributed by atoms with van der Waals surface area (Å²) in [5, 5.41) is 29.4. The van der Waals surface area contributed by atoms with Crippen molar-refractivity contribution in [1.82, 2.24) is 25.4 Å². The topological polar surface area (TPSA) is 129 Å². The van der Waals surface area contributed by atoms with Crippen molar-refractivity contribution in [3.63, 3.8) is 0 Å². The lowest BCUT2D eigenvalue weighted by atomic mass is 10.3. The van der Waals surface area contributed by atoms with Gasteiger partial charge >= 0.3 is 12.0 Å². The van der Waals surface area contributed by atoms with Crippen molar-refractivity contribution in [3.8, 4) is 0 Å². The second kappa shape index (κ2) is 6.55. The maximum Gasteiger partial charge on any atom is 0.328 e. The number of carboxylic acid groups (broad SMARTS) is 1. The molecule has 2 amide bonds. The van der Waals surface area contributed by atoms with Crippen molar-refractivity contribution in [2.24, 2.45) is 7.05 Å². The Bertz CT molecular complexity index is 419. The first-order valence-electron chi connectivity index (χ1n) is 5.25. The molecule has 0 bridgehead atoms. The van der Waals surface area contributed by atoms with Crippen LogP contribution in [0.4, 0.5) is 4.79 Å². The number of hydrogen-bond donors (Lipinski definition) is 4. The van der Waals surface area contributed by atoms with Crippen molar-refractivity contribution < 1.29 is 19.8 Å². The van der Waals surface area contributed by atoms with E-state index in [2.05, 4.69) is 20.8 Å². The summed E-state index contributed by atoms with van der Waals surface area (Å²) in [7, 11) is 1.78. The van der Waals surface area contributed by atoms with Crippen molar-refractivity contribution in [2.45, 2.75) is 12.5 Å². The van der Waals surface area contributed by atoms with Crippen LogP contribution < -0.4 is 10.6 Å². The summed E-state index contributed by atoms with van der Waals surface area (Å²) in [6, 6.07) is -1.96. The SMILES string of the molecule is Cn1cnnc1CCNC(=O)NC(CO)C(=O)O. The highest BCUT2D eigenvalue weighted by Gasteiger charge is 2.18. The zero-order valence-corrected chi connectivity index (χ0v) is 9.83. The first-order chi connectivity index (χ1) is 8.54. The van der Waals surface area contributed by atoms with Gasteiger partial charge in [0, 0.05) is 20.0 Å². The maximum absolute atomic E-state index is 11.3. The molecule has 0 saturated carbocycles. The van der Waals surface area contributed by atoms with Gasteiger partial charge in [0.05, 0.1) is 6.61 Å². The molecular formula is C9H15N5O4. The van der Waals surface area contributed by atoms with Crippen LogP contribution in [-0.4, -0.2) is 56.2 Å². The molecule has 0 fully saturated rings. The van der Waals surface area contributed by atoms with Crippen molar-refractivity contribution in [1.29, 1.82) is 0 Å². The number of aliphatic carboxylic acids is 1. The Morgan fingerprint density at radius 1 is 1.56 bits per heavy atom. The van der Waals surface area contributed by atoms with E-state index in [9.17, 15) is 9.59 Å². The van der Waals surface area contributed by atoms with E-state index < -0.39 is 24.6 Å². The van der Waals surface area contributed by atoms with Gasteiger partial charge in [0.2, 0.25) is 0 Å². The zero-order valence-electron chi connectivity index (χ0n) is 9.83. The molecule has 0 aliphatic heterocycles. The third-order valence-corrected chi connectivity index (χ3v) is 2.23. The monoisotopic (exact) mass is 257 g/mol. The average molecular weight is 257 g/mol. The summed E-state index contributed by atoms with van der Waals surface area (Å²) in [5.41, 5.74) is 0. The van der Waals surface area contributed by atoms with Gasteiger partial charge in [-0.2, -0.15) is 0 Å². The highest BCUT2D eigenvalue weighted by molar-refractivity contribution is 5.82. The molecule has 9 heteroatoms. The van der Waals surface area contributed by atoms with Gasteiger partial charge in [-0.1, -0.05) is 0 Å². The summed E-state index contributed by atoms with van der Waals surface area (Å²) in [6.45, 7) is -0.373. The number of aliphatic hydroxyl groups excluding tert-OH is 1. The van der Waals surface area contributed by atoms with Crippen LogP contribution in [0.2, 0.25) is 0 Å². The van der Waals surface area contributed by atoms with Crippen LogP contribution in [0.5, 0.6) is 0 Å². The Kier molecular flexibility index (Phi) is 5.06. The van der Waals surface area contributed by atoms with Crippen LogP contribution in [0.1, 0.15) is 5.82 Å². The van der Waals surface area contributed by atoms with E-state index in [4.69, 9.17) is 10.2 Å². The van der Waals surface area contributed by atoms with E-state index in [1.54, 1.807) is 17.9 Å². The minimum absolute atomic E-state index is 0.288.